The molecule has 1 aromatic carbocycles. The number of halogens is 3. The summed E-state index contributed by atoms with van der Waals surface area (Å²) >= 11 is 0. The van der Waals surface area contributed by atoms with Crippen molar-refractivity contribution >= 4 is 0 Å². The molecule has 1 N–H and O–H groups in total. The predicted molar refractivity (Wildman–Crippen MR) is 64.6 cm³/mol. The average molecular weight is 275 g/mol. The second-order valence-corrected chi connectivity index (χ2v) is 4.60. The standard InChI is InChI=1S/C13H16F3NO2/c1-7-4-8-5-11(18-3)9(6-10(8)19-7)12(17-2)13(14,15)16/h5-7,12,17H,4H2,1-3H3. The van der Waals surface area contributed by atoms with Gasteiger partial charge in [0.05, 0.1) is 7.11 Å². The van der Waals surface area contributed by atoms with E-state index in [1.54, 1.807) is 6.07 Å². The van der Waals surface area contributed by atoms with E-state index in [9.17, 15) is 13.2 Å². The Morgan fingerprint density at radius 3 is 2.63 bits per heavy atom. The van der Waals surface area contributed by atoms with Gasteiger partial charge in [-0.3, -0.25) is 0 Å². The van der Waals surface area contributed by atoms with Crippen LogP contribution in [0, 0.1) is 0 Å². The molecule has 0 bridgehead atoms. The highest BCUT2D eigenvalue weighted by molar-refractivity contribution is 5.50. The zero-order valence-corrected chi connectivity index (χ0v) is 11.0. The molecule has 1 aliphatic heterocycles. The van der Waals surface area contributed by atoms with Crippen LogP contribution in [0.5, 0.6) is 11.5 Å². The quantitative estimate of drug-likeness (QED) is 0.920. The molecule has 0 amide bonds. The maximum absolute atomic E-state index is 13.0. The van der Waals surface area contributed by atoms with Crippen molar-refractivity contribution < 1.29 is 22.6 Å². The first kappa shape index (κ1) is 14.0. The van der Waals surface area contributed by atoms with E-state index in [4.69, 9.17) is 9.47 Å². The first-order valence-electron chi connectivity index (χ1n) is 5.98. The molecule has 0 spiro atoms. The van der Waals surface area contributed by atoms with Crippen molar-refractivity contribution in [3.8, 4) is 11.5 Å². The Morgan fingerprint density at radius 1 is 1.42 bits per heavy atom. The van der Waals surface area contributed by atoms with Crippen molar-refractivity contribution in [1.82, 2.24) is 5.32 Å². The Balaban J connectivity index is 2.48. The van der Waals surface area contributed by atoms with Crippen LogP contribution in [0.3, 0.4) is 0 Å². The van der Waals surface area contributed by atoms with E-state index in [1.807, 2.05) is 6.92 Å². The van der Waals surface area contributed by atoms with Gasteiger partial charge >= 0.3 is 6.18 Å². The highest BCUT2D eigenvalue weighted by atomic mass is 19.4. The molecule has 0 fully saturated rings. The molecule has 1 aliphatic rings. The van der Waals surface area contributed by atoms with Gasteiger partial charge in [-0.1, -0.05) is 0 Å². The minimum absolute atomic E-state index is 0.0196. The summed E-state index contributed by atoms with van der Waals surface area (Å²) in [7, 11) is 2.64. The number of fused-ring (bicyclic) bond motifs is 1. The van der Waals surface area contributed by atoms with Gasteiger partial charge in [0, 0.05) is 17.5 Å². The highest BCUT2D eigenvalue weighted by Crippen LogP contribution is 2.42. The van der Waals surface area contributed by atoms with Crippen LogP contribution in [-0.2, 0) is 6.42 Å². The molecule has 0 aliphatic carbocycles. The lowest BCUT2D eigenvalue weighted by atomic mass is 10.0. The van der Waals surface area contributed by atoms with E-state index in [0.717, 1.165) is 5.56 Å². The molecule has 0 aromatic heterocycles. The molecule has 6 heteroatoms. The molecule has 19 heavy (non-hydrogen) atoms. The Kier molecular flexibility index (Phi) is 3.62. The van der Waals surface area contributed by atoms with Gasteiger partial charge in [-0.2, -0.15) is 13.2 Å². The predicted octanol–water partition coefficient (Wildman–Crippen LogP) is 2.84. The summed E-state index contributed by atoms with van der Waals surface area (Å²) in [6.45, 7) is 1.88. The minimum Gasteiger partial charge on any atom is -0.496 e. The Morgan fingerprint density at radius 2 is 2.11 bits per heavy atom. The van der Waals surface area contributed by atoms with Crippen LogP contribution in [-0.4, -0.2) is 26.4 Å². The molecule has 106 valence electrons. The topological polar surface area (TPSA) is 30.5 Å². The molecular formula is C13H16F3NO2. The maximum Gasteiger partial charge on any atom is 0.408 e. The second-order valence-electron chi connectivity index (χ2n) is 4.60. The number of methoxy groups -OCH3 is 1. The van der Waals surface area contributed by atoms with Crippen molar-refractivity contribution in [2.75, 3.05) is 14.2 Å². The van der Waals surface area contributed by atoms with Gasteiger partial charge in [-0.15, -0.1) is 0 Å². The number of alkyl halides is 3. The van der Waals surface area contributed by atoms with Gasteiger partial charge in [0.25, 0.3) is 0 Å². The van der Waals surface area contributed by atoms with E-state index in [1.165, 1.54) is 20.2 Å². The lowest BCUT2D eigenvalue weighted by molar-refractivity contribution is -0.156. The van der Waals surface area contributed by atoms with Crippen molar-refractivity contribution in [3.05, 3.63) is 23.3 Å². The zero-order valence-electron chi connectivity index (χ0n) is 11.0. The third-order valence-electron chi connectivity index (χ3n) is 3.18. The summed E-state index contributed by atoms with van der Waals surface area (Å²) in [5.74, 6) is 0.737. The second kappa shape index (κ2) is 4.92. The molecular weight excluding hydrogens is 259 g/mol. The van der Waals surface area contributed by atoms with Crippen LogP contribution in [0.4, 0.5) is 13.2 Å². The van der Waals surface area contributed by atoms with E-state index in [2.05, 4.69) is 5.32 Å². The summed E-state index contributed by atoms with van der Waals surface area (Å²) in [5.41, 5.74) is 0.926. The Hall–Kier alpha value is -1.43. The summed E-state index contributed by atoms with van der Waals surface area (Å²) in [5, 5.41) is 2.27. The molecule has 0 saturated carbocycles. The van der Waals surface area contributed by atoms with E-state index in [-0.39, 0.29) is 17.4 Å². The smallest absolute Gasteiger partial charge is 0.408 e. The normalized spacial score (nSPS) is 19.8. The fourth-order valence-electron chi connectivity index (χ4n) is 2.35. The number of nitrogens with one attached hydrogen (secondary N) is 1. The zero-order chi connectivity index (χ0) is 14.2. The van der Waals surface area contributed by atoms with E-state index >= 15 is 0 Å². The maximum atomic E-state index is 13.0. The molecule has 1 heterocycles. The third-order valence-corrected chi connectivity index (χ3v) is 3.18. The minimum atomic E-state index is -4.39. The van der Waals surface area contributed by atoms with Crippen LogP contribution in [0.1, 0.15) is 24.1 Å². The van der Waals surface area contributed by atoms with Crippen LogP contribution in [0.2, 0.25) is 0 Å². The lowest BCUT2D eigenvalue weighted by Crippen LogP contribution is -2.32. The van der Waals surface area contributed by atoms with Crippen molar-refractivity contribution in [1.29, 1.82) is 0 Å². The van der Waals surface area contributed by atoms with Gasteiger partial charge in [-0.05, 0) is 26.1 Å². The monoisotopic (exact) mass is 275 g/mol. The van der Waals surface area contributed by atoms with Crippen molar-refractivity contribution in [2.45, 2.75) is 31.7 Å². The Bertz CT molecular complexity index is 474. The van der Waals surface area contributed by atoms with E-state index < -0.39 is 12.2 Å². The Labute approximate surface area is 109 Å². The number of ether oxygens (including phenoxy) is 2. The number of benzene rings is 1. The fourth-order valence-corrected chi connectivity index (χ4v) is 2.35. The molecule has 1 aromatic rings. The van der Waals surface area contributed by atoms with Gasteiger partial charge in [0.2, 0.25) is 0 Å². The highest BCUT2D eigenvalue weighted by Gasteiger charge is 2.42. The summed E-state index contributed by atoms with van der Waals surface area (Å²) in [6.07, 6.45) is -3.73. The van der Waals surface area contributed by atoms with Crippen molar-refractivity contribution in [3.63, 3.8) is 0 Å². The van der Waals surface area contributed by atoms with Crippen LogP contribution >= 0.6 is 0 Å². The van der Waals surface area contributed by atoms with Crippen molar-refractivity contribution in [2.24, 2.45) is 0 Å². The van der Waals surface area contributed by atoms with Gasteiger partial charge < -0.3 is 14.8 Å². The largest absolute Gasteiger partial charge is 0.496 e. The average Bonchev–Trinajstić information content (AvgIpc) is 2.66. The van der Waals surface area contributed by atoms with Crippen LogP contribution in [0.25, 0.3) is 0 Å². The van der Waals surface area contributed by atoms with Gasteiger partial charge in [0.1, 0.15) is 23.6 Å². The summed E-state index contributed by atoms with van der Waals surface area (Å²) in [6, 6.07) is 1.28. The first-order valence-corrected chi connectivity index (χ1v) is 5.98. The van der Waals surface area contributed by atoms with Crippen LogP contribution in [0.15, 0.2) is 12.1 Å². The summed E-state index contributed by atoms with van der Waals surface area (Å²) < 4.78 is 49.6. The van der Waals surface area contributed by atoms with E-state index in [0.29, 0.717) is 12.2 Å². The number of hydrogen-bond acceptors (Lipinski definition) is 3. The van der Waals surface area contributed by atoms with Gasteiger partial charge in [0.15, 0.2) is 0 Å². The number of rotatable bonds is 3. The van der Waals surface area contributed by atoms with Crippen LogP contribution < -0.4 is 14.8 Å². The SMILES string of the molecule is CNC(c1cc2c(cc1OC)CC(C)O2)C(F)(F)F. The first-order chi connectivity index (χ1) is 8.86. The molecule has 0 radical (unpaired) electrons. The molecule has 2 rings (SSSR count). The lowest BCUT2D eigenvalue weighted by Gasteiger charge is -2.22. The third kappa shape index (κ3) is 2.63. The number of hydrogen-bond donors (Lipinski definition) is 1. The fraction of sp³-hybridized carbons (Fsp3) is 0.538. The summed E-state index contributed by atoms with van der Waals surface area (Å²) in [4.78, 5) is 0. The molecule has 2 atom stereocenters. The molecule has 2 unspecified atom stereocenters. The molecule has 3 nitrogen and oxygen atoms in total. The van der Waals surface area contributed by atoms with Gasteiger partial charge in [-0.25, -0.2) is 0 Å². The molecule has 0 saturated heterocycles.